The van der Waals surface area contributed by atoms with Crippen LogP contribution in [0.3, 0.4) is 0 Å². The number of aromatic hydroxyl groups is 1. The van der Waals surface area contributed by atoms with Gasteiger partial charge in [0.05, 0.1) is 5.56 Å². The molecule has 0 saturated carbocycles. The van der Waals surface area contributed by atoms with Gasteiger partial charge < -0.3 is 15.7 Å². The molecule has 4 N–H and O–H groups in total. The average Bonchev–Trinajstić information content (AvgIpc) is 2.68. The van der Waals surface area contributed by atoms with Crippen LogP contribution in [-0.2, 0) is 0 Å². The third kappa shape index (κ3) is 3.85. The maximum absolute atomic E-state index is 10.4. The molecule has 0 bridgehead atoms. The van der Waals surface area contributed by atoms with E-state index >= 15 is 0 Å². The molecule has 136 valence electrons. The summed E-state index contributed by atoms with van der Waals surface area (Å²) in [5.74, 6) is 0.310. The highest BCUT2D eigenvalue weighted by molar-refractivity contribution is 6.30. The zero-order valence-electron chi connectivity index (χ0n) is 15.1. The average molecular weight is 378 g/mol. The van der Waals surface area contributed by atoms with E-state index in [4.69, 9.17) is 11.6 Å². The molecule has 0 spiro atoms. The molecule has 1 heterocycles. The molecule has 0 aromatic heterocycles. The second-order valence-corrected chi connectivity index (χ2v) is 7.34. The number of hydrogen-bond donors (Lipinski definition) is 3. The second-order valence-electron chi connectivity index (χ2n) is 6.90. The summed E-state index contributed by atoms with van der Waals surface area (Å²) in [6.07, 6.45) is 2.16. The number of rotatable bonds is 3. The molecule has 0 aliphatic carbocycles. The van der Waals surface area contributed by atoms with Crippen LogP contribution in [0.4, 0.5) is 0 Å². The standard InChI is InChI=1S/C23H21ClN2O/c1-15-9-11-16(12-10-15)20-14-21(19-7-2-3-8-22(19)27)26-23(25-20)17-5-4-6-18(24)13-17/h2-14,21,23,25-27H,1H3/p+1. The molecule has 3 aromatic carbocycles. The molecule has 3 nitrogen and oxygen atoms in total. The van der Waals surface area contributed by atoms with Crippen LogP contribution >= 0.6 is 11.6 Å². The first-order valence-electron chi connectivity index (χ1n) is 9.04. The van der Waals surface area contributed by atoms with Gasteiger partial charge in [-0.2, -0.15) is 0 Å². The van der Waals surface area contributed by atoms with Gasteiger partial charge in [-0.15, -0.1) is 0 Å². The second kappa shape index (κ2) is 7.47. The number of phenols is 1. The van der Waals surface area contributed by atoms with E-state index in [9.17, 15) is 5.11 Å². The molecule has 0 fully saturated rings. The van der Waals surface area contributed by atoms with E-state index in [2.05, 4.69) is 54.0 Å². The van der Waals surface area contributed by atoms with Crippen LogP contribution in [0.1, 0.15) is 34.5 Å². The van der Waals surface area contributed by atoms with Crippen molar-refractivity contribution in [2.45, 2.75) is 19.1 Å². The minimum absolute atomic E-state index is 0.00499. The Labute approximate surface area is 164 Å². The summed E-state index contributed by atoms with van der Waals surface area (Å²) < 4.78 is 0. The number of hydrogen-bond acceptors (Lipinski definition) is 2. The maximum atomic E-state index is 10.4. The quantitative estimate of drug-likeness (QED) is 0.637. The topological polar surface area (TPSA) is 48.9 Å². The van der Waals surface area contributed by atoms with Crippen LogP contribution in [0.2, 0.25) is 5.02 Å². The number of aryl methyl sites for hydroxylation is 1. The molecule has 4 rings (SSSR count). The first-order valence-corrected chi connectivity index (χ1v) is 9.42. The highest BCUT2D eigenvalue weighted by Crippen LogP contribution is 2.29. The summed E-state index contributed by atoms with van der Waals surface area (Å²) >= 11 is 6.22. The molecule has 2 atom stereocenters. The fraction of sp³-hybridized carbons (Fsp3) is 0.130. The van der Waals surface area contributed by atoms with Crippen molar-refractivity contribution < 1.29 is 10.4 Å². The van der Waals surface area contributed by atoms with E-state index in [1.807, 2.05) is 36.4 Å². The highest BCUT2D eigenvalue weighted by atomic mass is 35.5. The van der Waals surface area contributed by atoms with Gasteiger partial charge in [-0.05, 0) is 36.8 Å². The van der Waals surface area contributed by atoms with Crippen molar-refractivity contribution in [3.63, 3.8) is 0 Å². The van der Waals surface area contributed by atoms with Gasteiger partial charge in [-0.1, -0.05) is 65.7 Å². The van der Waals surface area contributed by atoms with E-state index in [0.717, 1.165) is 22.4 Å². The van der Waals surface area contributed by atoms with Crippen molar-refractivity contribution in [3.8, 4) is 5.75 Å². The summed E-state index contributed by atoms with van der Waals surface area (Å²) in [5.41, 5.74) is 5.40. The summed E-state index contributed by atoms with van der Waals surface area (Å²) in [6, 6.07) is 23.9. The molecule has 27 heavy (non-hydrogen) atoms. The predicted molar refractivity (Wildman–Crippen MR) is 109 cm³/mol. The molecule has 3 aromatic rings. The molecule has 0 saturated heterocycles. The Morgan fingerprint density at radius 2 is 1.74 bits per heavy atom. The Morgan fingerprint density at radius 3 is 2.48 bits per heavy atom. The van der Waals surface area contributed by atoms with E-state index in [-0.39, 0.29) is 12.2 Å². The first-order chi connectivity index (χ1) is 13.1. The predicted octanol–water partition coefficient (Wildman–Crippen LogP) is 4.30. The van der Waals surface area contributed by atoms with E-state index in [1.165, 1.54) is 5.56 Å². The van der Waals surface area contributed by atoms with Gasteiger partial charge in [0.2, 0.25) is 0 Å². The van der Waals surface area contributed by atoms with Gasteiger partial charge >= 0.3 is 0 Å². The van der Waals surface area contributed by atoms with Crippen molar-refractivity contribution in [3.05, 3.63) is 106 Å². The van der Waals surface area contributed by atoms with Crippen molar-refractivity contribution in [2.24, 2.45) is 0 Å². The minimum Gasteiger partial charge on any atom is -0.507 e. The molecular weight excluding hydrogens is 356 g/mol. The van der Waals surface area contributed by atoms with Gasteiger partial charge in [0.25, 0.3) is 0 Å². The number of halogens is 1. The first kappa shape index (κ1) is 17.7. The Morgan fingerprint density at radius 1 is 0.963 bits per heavy atom. The van der Waals surface area contributed by atoms with Gasteiger partial charge in [0.15, 0.2) is 6.17 Å². The molecule has 2 unspecified atom stereocenters. The smallest absolute Gasteiger partial charge is 0.186 e. The van der Waals surface area contributed by atoms with Crippen LogP contribution < -0.4 is 10.6 Å². The van der Waals surface area contributed by atoms with Crippen LogP contribution in [0.15, 0.2) is 78.9 Å². The number of phenolic OH excluding ortho intramolecular Hbond substituents is 1. The molecule has 1 aliphatic rings. The number of nitrogens with one attached hydrogen (secondary N) is 1. The SMILES string of the molecule is Cc1ccc(C2=CC(c3ccccc3O)[NH2+]C(c3cccc(Cl)c3)N2)cc1. The number of para-hydroxylation sites is 1. The van der Waals surface area contributed by atoms with E-state index in [1.54, 1.807) is 6.07 Å². The lowest BCUT2D eigenvalue weighted by molar-refractivity contribution is -0.731. The summed E-state index contributed by atoms with van der Waals surface area (Å²) in [5, 5.41) is 16.9. The van der Waals surface area contributed by atoms with Crippen LogP contribution in [0.5, 0.6) is 5.75 Å². The minimum atomic E-state index is -0.00673. The number of nitrogens with two attached hydrogens (primary N) is 1. The Balaban J connectivity index is 1.76. The van der Waals surface area contributed by atoms with Crippen molar-refractivity contribution >= 4 is 17.3 Å². The lowest BCUT2D eigenvalue weighted by Gasteiger charge is -2.30. The fourth-order valence-corrected chi connectivity index (χ4v) is 3.67. The maximum Gasteiger partial charge on any atom is 0.186 e. The molecule has 4 heteroatoms. The Kier molecular flexibility index (Phi) is 4.88. The van der Waals surface area contributed by atoms with Crippen LogP contribution in [0, 0.1) is 6.92 Å². The third-order valence-electron chi connectivity index (χ3n) is 4.92. The van der Waals surface area contributed by atoms with Gasteiger partial charge in [-0.25, -0.2) is 0 Å². The van der Waals surface area contributed by atoms with Gasteiger partial charge in [-0.3, -0.25) is 0 Å². The van der Waals surface area contributed by atoms with E-state index < -0.39 is 0 Å². The molecule has 0 radical (unpaired) electrons. The zero-order chi connectivity index (χ0) is 18.8. The van der Waals surface area contributed by atoms with E-state index in [0.29, 0.717) is 10.8 Å². The normalized spacial score (nSPS) is 19.3. The number of quaternary nitrogens is 1. The number of benzene rings is 3. The monoisotopic (exact) mass is 377 g/mol. The van der Waals surface area contributed by atoms with Crippen molar-refractivity contribution in [1.82, 2.24) is 5.32 Å². The fourth-order valence-electron chi connectivity index (χ4n) is 3.48. The van der Waals surface area contributed by atoms with Crippen molar-refractivity contribution in [2.75, 3.05) is 0 Å². The lowest BCUT2D eigenvalue weighted by Crippen LogP contribution is -2.89. The van der Waals surface area contributed by atoms with Crippen molar-refractivity contribution in [1.29, 1.82) is 0 Å². The largest absolute Gasteiger partial charge is 0.507 e. The van der Waals surface area contributed by atoms with Crippen LogP contribution in [0.25, 0.3) is 5.70 Å². The molecular formula is C23H22ClN2O+. The van der Waals surface area contributed by atoms with Gasteiger partial charge in [0, 0.05) is 22.4 Å². The third-order valence-corrected chi connectivity index (χ3v) is 5.16. The van der Waals surface area contributed by atoms with Gasteiger partial charge in [0.1, 0.15) is 11.8 Å². The highest BCUT2D eigenvalue weighted by Gasteiger charge is 2.29. The summed E-state index contributed by atoms with van der Waals surface area (Å²) in [7, 11) is 0. The summed E-state index contributed by atoms with van der Waals surface area (Å²) in [6.45, 7) is 2.08. The lowest BCUT2D eigenvalue weighted by atomic mass is 9.97. The Hall–Kier alpha value is -2.75. The zero-order valence-corrected chi connectivity index (χ0v) is 15.8. The molecule has 1 aliphatic heterocycles. The molecule has 0 amide bonds. The summed E-state index contributed by atoms with van der Waals surface area (Å²) in [4.78, 5) is 0. The van der Waals surface area contributed by atoms with Crippen LogP contribution in [-0.4, -0.2) is 5.11 Å². The Bertz CT molecular complexity index is 982.